The summed E-state index contributed by atoms with van der Waals surface area (Å²) in [6.45, 7) is 0. The zero-order valence-corrected chi connectivity index (χ0v) is 12.1. The zero-order valence-electron chi connectivity index (χ0n) is 12.1. The molecular weight excluding hydrogens is 234 g/mol. The van der Waals surface area contributed by atoms with Crippen LogP contribution < -0.4 is 0 Å². The predicted molar refractivity (Wildman–Crippen MR) is 77.2 cm³/mol. The maximum atomic E-state index is 4.85. The Labute approximate surface area is 116 Å². The molecule has 0 atom stereocenters. The normalized spacial score (nSPS) is 24.0. The van der Waals surface area contributed by atoms with Gasteiger partial charge >= 0.3 is 0 Å². The minimum Gasteiger partial charge on any atom is -0.250 e. The van der Waals surface area contributed by atoms with Crippen molar-refractivity contribution in [1.82, 2.24) is 14.8 Å². The standard InChI is InChI=1S/C16H27N3/c1-2-6-10-14(9-5-1)16-17-13-19(18-16)15-11-7-3-4-8-12-15/h13-15H,1-12H2. The molecular formula is C16H27N3. The van der Waals surface area contributed by atoms with Crippen LogP contribution in [0.2, 0.25) is 0 Å². The smallest absolute Gasteiger partial charge is 0.153 e. The number of aromatic nitrogens is 3. The topological polar surface area (TPSA) is 30.7 Å². The SMILES string of the molecule is c1nc(C2CCCCCC2)nn1C1CCCCCC1. The molecule has 0 radical (unpaired) electrons. The lowest BCUT2D eigenvalue weighted by Crippen LogP contribution is -2.10. The molecule has 2 aliphatic carbocycles. The van der Waals surface area contributed by atoms with Gasteiger partial charge < -0.3 is 0 Å². The van der Waals surface area contributed by atoms with E-state index in [-0.39, 0.29) is 0 Å². The van der Waals surface area contributed by atoms with Crippen LogP contribution in [-0.2, 0) is 0 Å². The highest BCUT2D eigenvalue weighted by molar-refractivity contribution is 4.95. The summed E-state index contributed by atoms with van der Waals surface area (Å²) in [7, 11) is 0. The quantitative estimate of drug-likeness (QED) is 0.728. The van der Waals surface area contributed by atoms with E-state index in [9.17, 15) is 0 Å². The summed E-state index contributed by atoms with van der Waals surface area (Å²) >= 11 is 0. The fourth-order valence-electron chi connectivity index (χ4n) is 3.71. The Morgan fingerprint density at radius 3 is 2.00 bits per heavy atom. The van der Waals surface area contributed by atoms with Crippen molar-refractivity contribution in [3.63, 3.8) is 0 Å². The van der Waals surface area contributed by atoms with Crippen LogP contribution in [0.5, 0.6) is 0 Å². The van der Waals surface area contributed by atoms with Crippen LogP contribution in [0.15, 0.2) is 6.33 Å². The summed E-state index contributed by atoms with van der Waals surface area (Å²) in [5.41, 5.74) is 0. The fraction of sp³-hybridized carbons (Fsp3) is 0.875. The Kier molecular flexibility index (Phi) is 4.52. The molecule has 1 aromatic rings. The highest BCUT2D eigenvalue weighted by Gasteiger charge is 2.20. The van der Waals surface area contributed by atoms with E-state index in [1.165, 1.54) is 77.0 Å². The van der Waals surface area contributed by atoms with Gasteiger partial charge in [-0.3, -0.25) is 0 Å². The molecule has 3 rings (SSSR count). The highest BCUT2D eigenvalue weighted by atomic mass is 15.3. The van der Waals surface area contributed by atoms with Crippen molar-refractivity contribution < 1.29 is 0 Å². The molecule has 2 saturated carbocycles. The first kappa shape index (κ1) is 13.1. The van der Waals surface area contributed by atoms with E-state index in [1.54, 1.807) is 0 Å². The third-order valence-corrected chi connectivity index (χ3v) is 4.95. The van der Waals surface area contributed by atoms with Gasteiger partial charge in [-0.15, -0.1) is 0 Å². The third-order valence-electron chi connectivity index (χ3n) is 4.95. The van der Waals surface area contributed by atoms with Gasteiger partial charge in [-0.2, -0.15) is 5.10 Å². The molecule has 19 heavy (non-hydrogen) atoms. The Morgan fingerprint density at radius 1 is 0.789 bits per heavy atom. The Balaban J connectivity index is 1.67. The number of rotatable bonds is 2. The van der Waals surface area contributed by atoms with Crippen molar-refractivity contribution in [3.05, 3.63) is 12.2 Å². The van der Waals surface area contributed by atoms with Crippen molar-refractivity contribution >= 4 is 0 Å². The summed E-state index contributed by atoms with van der Waals surface area (Å²) in [6.07, 6.45) is 18.3. The predicted octanol–water partition coefficient (Wildman–Crippen LogP) is 4.61. The first-order valence-electron chi connectivity index (χ1n) is 8.34. The van der Waals surface area contributed by atoms with Gasteiger partial charge in [0.2, 0.25) is 0 Å². The second-order valence-electron chi connectivity index (χ2n) is 6.42. The molecule has 1 heterocycles. The van der Waals surface area contributed by atoms with E-state index in [0.29, 0.717) is 12.0 Å². The second kappa shape index (κ2) is 6.53. The molecule has 1 aromatic heterocycles. The van der Waals surface area contributed by atoms with Crippen molar-refractivity contribution in [2.24, 2.45) is 0 Å². The molecule has 2 fully saturated rings. The maximum absolute atomic E-state index is 4.85. The lowest BCUT2D eigenvalue weighted by atomic mass is 10.00. The molecule has 2 aliphatic rings. The molecule has 0 saturated heterocycles. The number of nitrogens with zero attached hydrogens (tertiary/aromatic N) is 3. The van der Waals surface area contributed by atoms with Gasteiger partial charge in [-0.1, -0.05) is 51.4 Å². The Bertz CT molecular complexity index is 335. The largest absolute Gasteiger partial charge is 0.250 e. The van der Waals surface area contributed by atoms with E-state index in [1.807, 2.05) is 6.33 Å². The molecule has 0 unspecified atom stereocenters. The minimum atomic E-state index is 0.620. The molecule has 0 aliphatic heterocycles. The van der Waals surface area contributed by atoms with Gasteiger partial charge in [0.15, 0.2) is 5.82 Å². The molecule has 0 bridgehead atoms. The van der Waals surface area contributed by atoms with Gasteiger partial charge in [0.25, 0.3) is 0 Å². The van der Waals surface area contributed by atoms with E-state index >= 15 is 0 Å². The lowest BCUT2D eigenvalue weighted by Gasteiger charge is -2.14. The van der Waals surface area contributed by atoms with Crippen LogP contribution in [0.3, 0.4) is 0 Å². The Hall–Kier alpha value is -0.860. The van der Waals surface area contributed by atoms with Crippen molar-refractivity contribution in [2.45, 2.75) is 89.0 Å². The average Bonchev–Trinajstić information content (AvgIpc) is 2.67. The van der Waals surface area contributed by atoms with Gasteiger partial charge in [0.05, 0.1) is 6.04 Å². The maximum Gasteiger partial charge on any atom is 0.153 e. The summed E-state index contributed by atoms with van der Waals surface area (Å²) in [5.74, 6) is 1.76. The van der Waals surface area contributed by atoms with E-state index < -0.39 is 0 Å². The molecule has 0 N–H and O–H groups in total. The second-order valence-corrected chi connectivity index (χ2v) is 6.42. The zero-order chi connectivity index (χ0) is 12.9. The summed E-state index contributed by atoms with van der Waals surface area (Å²) in [6, 6.07) is 0.620. The van der Waals surface area contributed by atoms with Gasteiger partial charge in [-0.05, 0) is 25.7 Å². The van der Waals surface area contributed by atoms with Crippen LogP contribution in [0.4, 0.5) is 0 Å². The van der Waals surface area contributed by atoms with Gasteiger partial charge in [-0.25, -0.2) is 9.67 Å². The average molecular weight is 261 g/mol. The molecule has 106 valence electrons. The lowest BCUT2D eigenvalue weighted by molar-refractivity contribution is 0.399. The van der Waals surface area contributed by atoms with Crippen LogP contribution in [0.25, 0.3) is 0 Å². The van der Waals surface area contributed by atoms with Crippen LogP contribution in [0.1, 0.15) is 94.8 Å². The van der Waals surface area contributed by atoms with Crippen LogP contribution >= 0.6 is 0 Å². The van der Waals surface area contributed by atoms with E-state index in [2.05, 4.69) is 9.67 Å². The molecule has 3 heteroatoms. The van der Waals surface area contributed by atoms with Crippen LogP contribution in [0, 0.1) is 0 Å². The van der Waals surface area contributed by atoms with E-state index in [4.69, 9.17) is 5.10 Å². The van der Waals surface area contributed by atoms with Gasteiger partial charge in [0.1, 0.15) is 6.33 Å². The van der Waals surface area contributed by atoms with Crippen molar-refractivity contribution in [2.75, 3.05) is 0 Å². The van der Waals surface area contributed by atoms with Crippen LogP contribution in [-0.4, -0.2) is 14.8 Å². The Morgan fingerprint density at radius 2 is 1.37 bits per heavy atom. The highest BCUT2D eigenvalue weighted by Crippen LogP contribution is 2.31. The number of hydrogen-bond donors (Lipinski definition) is 0. The molecule has 0 spiro atoms. The van der Waals surface area contributed by atoms with E-state index in [0.717, 1.165) is 5.82 Å². The summed E-state index contributed by atoms with van der Waals surface area (Å²) in [5, 5.41) is 4.85. The first-order chi connectivity index (χ1) is 9.43. The fourth-order valence-corrected chi connectivity index (χ4v) is 3.71. The van der Waals surface area contributed by atoms with Crippen molar-refractivity contribution in [1.29, 1.82) is 0 Å². The number of hydrogen-bond acceptors (Lipinski definition) is 2. The van der Waals surface area contributed by atoms with Gasteiger partial charge in [0, 0.05) is 5.92 Å². The molecule has 0 amide bonds. The summed E-state index contributed by atoms with van der Waals surface area (Å²) < 4.78 is 2.19. The monoisotopic (exact) mass is 261 g/mol. The molecule has 0 aromatic carbocycles. The third kappa shape index (κ3) is 3.37. The molecule has 3 nitrogen and oxygen atoms in total. The van der Waals surface area contributed by atoms with Crippen molar-refractivity contribution in [3.8, 4) is 0 Å². The minimum absolute atomic E-state index is 0.620. The summed E-state index contributed by atoms with van der Waals surface area (Å²) in [4.78, 5) is 4.64. The first-order valence-corrected chi connectivity index (χ1v) is 8.34.